The Kier molecular flexibility index (Phi) is 7.61. The van der Waals surface area contributed by atoms with Crippen LogP contribution in [0.2, 0.25) is 0 Å². The summed E-state index contributed by atoms with van der Waals surface area (Å²) >= 11 is 0. The summed E-state index contributed by atoms with van der Waals surface area (Å²) in [5, 5.41) is 15.9. The molecule has 6 rings (SSSR count). The number of aliphatic carboxylic acids is 1. The van der Waals surface area contributed by atoms with Crippen molar-refractivity contribution in [3.05, 3.63) is 40.3 Å². The number of piperidine rings is 1. The van der Waals surface area contributed by atoms with Crippen LogP contribution in [0.4, 0.5) is 0 Å². The molecule has 4 atom stereocenters. The SMILES string of the molecule is CNC(=O)CO/N=C(\C(=O)O)c1nc2ccccc2n(C2CC3CCC(C2)N3C2CC3CCCCC(C3)C2)c1=O. The van der Waals surface area contributed by atoms with E-state index in [-0.39, 0.29) is 11.7 Å². The van der Waals surface area contributed by atoms with E-state index in [4.69, 9.17) is 4.84 Å². The third kappa shape index (κ3) is 5.13. The molecule has 2 N–H and O–H groups in total. The van der Waals surface area contributed by atoms with Crippen LogP contribution in [0.1, 0.15) is 82.4 Å². The van der Waals surface area contributed by atoms with Crippen molar-refractivity contribution in [2.24, 2.45) is 17.0 Å². The Hall–Kier alpha value is -3.27. The van der Waals surface area contributed by atoms with Crippen molar-refractivity contribution in [1.82, 2.24) is 19.8 Å². The summed E-state index contributed by atoms with van der Waals surface area (Å²) in [7, 11) is 1.44. The van der Waals surface area contributed by atoms with Crippen LogP contribution in [0.15, 0.2) is 34.2 Å². The standard InChI is InChI=1S/C30H39N5O5/c1-31-26(36)17-40-33-28(30(38)39)27-29(37)35(25-9-5-4-8-24(25)32-27)23-15-20-10-11-21(16-23)34(20)22-13-18-6-2-3-7-19(12-18)14-22/h4-5,8-9,18-23H,2-3,6-7,10-17H2,1H3,(H,31,36)(H,38,39)/b33-28-. The van der Waals surface area contributed by atoms with E-state index in [2.05, 4.69) is 20.4 Å². The van der Waals surface area contributed by atoms with Crippen LogP contribution in [0.25, 0.3) is 11.0 Å². The molecule has 1 aromatic heterocycles. The molecule has 40 heavy (non-hydrogen) atoms. The minimum atomic E-state index is -1.43. The van der Waals surface area contributed by atoms with E-state index in [1.807, 2.05) is 18.2 Å². The lowest BCUT2D eigenvalue weighted by Gasteiger charge is -2.48. The number of amides is 1. The molecule has 10 nitrogen and oxygen atoms in total. The Balaban J connectivity index is 1.32. The fraction of sp³-hybridized carbons (Fsp3) is 0.633. The number of carbonyl (C=O) groups is 2. The summed E-state index contributed by atoms with van der Waals surface area (Å²) in [6, 6.07) is 8.82. The van der Waals surface area contributed by atoms with Crippen molar-refractivity contribution >= 4 is 28.6 Å². The van der Waals surface area contributed by atoms with E-state index in [1.165, 1.54) is 52.0 Å². The largest absolute Gasteiger partial charge is 0.476 e. The number of likely N-dealkylation sites (N-methyl/N-ethyl adjacent to an activating group) is 1. The lowest BCUT2D eigenvalue weighted by atomic mass is 9.76. The predicted octanol–water partition coefficient (Wildman–Crippen LogP) is 3.47. The Labute approximate surface area is 233 Å². The topological polar surface area (TPSA) is 126 Å². The van der Waals surface area contributed by atoms with E-state index in [0.29, 0.717) is 29.2 Å². The molecule has 2 aliphatic heterocycles. The van der Waals surface area contributed by atoms with Gasteiger partial charge in [-0.05, 0) is 68.9 Å². The van der Waals surface area contributed by atoms with Gasteiger partial charge in [-0.3, -0.25) is 14.5 Å². The van der Waals surface area contributed by atoms with Crippen molar-refractivity contribution in [3.8, 4) is 0 Å². The average Bonchev–Trinajstić information content (AvgIpc) is 3.10. The van der Waals surface area contributed by atoms with Crippen LogP contribution in [-0.2, 0) is 14.4 Å². The number of rotatable bonds is 7. The minimum absolute atomic E-state index is 0.0550. The fourth-order valence-corrected chi connectivity index (χ4v) is 8.18. The van der Waals surface area contributed by atoms with E-state index >= 15 is 0 Å². The monoisotopic (exact) mass is 549 g/mol. The number of nitrogens with zero attached hydrogens (tertiary/aromatic N) is 4. The highest BCUT2D eigenvalue weighted by atomic mass is 16.6. The molecule has 0 spiro atoms. The molecule has 4 unspecified atom stereocenters. The molecule has 2 aliphatic carbocycles. The minimum Gasteiger partial charge on any atom is -0.476 e. The lowest BCUT2D eigenvalue weighted by Crippen LogP contribution is -2.52. The number of para-hydroxylation sites is 2. The average molecular weight is 550 g/mol. The van der Waals surface area contributed by atoms with E-state index in [9.17, 15) is 19.5 Å². The van der Waals surface area contributed by atoms with Crippen LogP contribution in [0, 0.1) is 11.8 Å². The summed E-state index contributed by atoms with van der Waals surface area (Å²) < 4.78 is 1.76. The van der Waals surface area contributed by atoms with Gasteiger partial charge in [0.05, 0.1) is 11.0 Å². The first-order chi connectivity index (χ1) is 19.4. The molecular formula is C30H39N5O5. The van der Waals surface area contributed by atoms with E-state index < -0.39 is 29.8 Å². The van der Waals surface area contributed by atoms with Gasteiger partial charge in [-0.15, -0.1) is 0 Å². The normalized spacial score (nSPS) is 30.6. The Morgan fingerprint density at radius 2 is 1.65 bits per heavy atom. The third-order valence-electron chi connectivity index (χ3n) is 9.76. The second-order valence-corrected chi connectivity index (χ2v) is 12.2. The van der Waals surface area contributed by atoms with E-state index in [0.717, 1.165) is 37.5 Å². The molecule has 1 amide bonds. The van der Waals surface area contributed by atoms with Gasteiger partial charge in [0, 0.05) is 31.2 Å². The van der Waals surface area contributed by atoms with Crippen molar-refractivity contribution in [2.75, 3.05) is 13.7 Å². The zero-order valence-corrected chi connectivity index (χ0v) is 23.1. The van der Waals surface area contributed by atoms with Gasteiger partial charge in [-0.25, -0.2) is 9.78 Å². The number of carbonyl (C=O) groups excluding carboxylic acids is 1. The zero-order chi connectivity index (χ0) is 27.8. The van der Waals surface area contributed by atoms with E-state index in [1.54, 1.807) is 10.6 Å². The summed E-state index contributed by atoms with van der Waals surface area (Å²) in [6.45, 7) is -0.459. The summed E-state index contributed by atoms with van der Waals surface area (Å²) in [5.41, 5.74) is -0.116. The number of aromatic nitrogens is 2. The Bertz CT molecular complexity index is 1340. The first-order valence-corrected chi connectivity index (χ1v) is 14.9. The number of oxime groups is 1. The number of hydrogen-bond acceptors (Lipinski definition) is 7. The molecule has 2 saturated heterocycles. The maximum absolute atomic E-state index is 14.0. The maximum Gasteiger partial charge on any atom is 0.360 e. The molecule has 2 saturated carbocycles. The second-order valence-electron chi connectivity index (χ2n) is 12.2. The van der Waals surface area contributed by atoms with Crippen LogP contribution in [0.3, 0.4) is 0 Å². The third-order valence-corrected chi connectivity index (χ3v) is 9.76. The van der Waals surface area contributed by atoms with Gasteiger partial charge in [-0.1, -0.05) is 43.0 Å². The Morgan fingerprint density at radius 3 is 2.30 bits per heavy atom. The predicted molar refractivity (Wildman–Crippen MR) is 150 cm³/mol. The number of fused-ring (bicyclic) bond motifs is 5. The molecule has 214 valence electrons. The summed E-state index contributed by atoms with van der Waals surface area (Å²) in [5.74, 6) is -0.178. The molecule has 1 aromatic carbocycles. The van der Waals surface area contributed by atoms with Crippen molar-refractivity contribution in [1.29, 1.82) is 0 Å². The molecule has 2 aromatic rings. The molecule has 3 heterocycles. The number of carboxylic acid groups (broad SMARTS) is 1. The number of nitrogens with one attached hydrogen (secondary N) is 1. The van der Waals surface area contributed by atoms with Crippen LogP contribution < -0.4 is 10.9 Å². The first kappa shape index (κ1) is 26.9. The number of carboxylic acids is 1. The molecule has 4 fully saturated rings. The number of benzene rings is 1. The smallest absolute Gasteiger partial charge is 0.360 e. The van der Waals surface area contributed by atoms with Gasteiger partial charge in [0.2, 0.25) is 5.71 Å². The molecule has 4 aliphatic rings. The van der Waals surface area contributed by atoms with Crippen molar-refractivity contribution < 1.29 is 19.5 Å². The second kappa shape index (κ2) is 11.3. The van der Waals surface area contributed by atoms with Crippen molar-refractivity contribution in [2.45, 2.75) is 94.8 Å². The number of hydrogen-bond donors (Lipinski definition) is 2. The summed E-state index contributed by atoms with van der Waals surface area (Å²) in [4.78, 5) is 49.9. The maximum atomic E-state index is 14.0. The lowest BCUT2D eigenvalue weighted by molar-refractivity contribution is -0.130. The van der Waals surface area contributed by atoms with Crippen LogP contribution >= 0.6 is 0 Å². The zero-order valence-electron chi connectivity index (χ0n) is 23.1. The van der Waals surface area contributed by atoms with Gasteiger partial charge < -0.3 is 19.8 Å². The van der Waals surface area contributed by atoms with Crippen molar-refractivity contribution in [3.63, 3.8) is 0 Å². The molecule has 0 radical (unpaired) electrons. The quantitative estimate of drug-likeness (QED) is 0.400. The van der Waals surface area contributed by atoms with Gasteiger partial charge in [0.15, 0.2) is 12.3 Å². The fourth-order valence-electron chi connectivity index (χ4n) is 8.18. The Morgan fingerprint density at radius 1 is 0.975 bits per heavy atom. The highest BCUT2D eigenvalue weighted by Gasteiger charge is 2.47. The summed E-state index contributed by atoms with van der Waals surface area (Å²) in [6.07, 6.45) is 13.5. The molecular weight excluding hydrogens is 510 g/mol. The van der Waals surface area contributed by atoms with Gasteiger partial charge >= 0.3 is 5.97 Å². The highest BCUT2D eigenvalue weighted by Crippen LogP contribution is 2.47. The van der Waals surface area contributed by atoms with Gasteiger partial charge in [0.1, 0.15) is 0 Å². The highest BCUT2D eigenvalue weighted by molar-refractivity contribution is 6.41. The molecule has 10 heteroatoms. The van der Waals surface area contributed by atoms with Gasteiger partial charge in [-0.2, -0.15) is 0 Å². The van der Waals surface area contributed by atoms with Crippen LogP contribution in [0.5, 0.6) is 0 Å². The molecule has 4 bridgehead atoms. The van der Waals surface area contributed by atoms with Gasteiger partial charge in [0.25, 0.3) is 11.5 Å². The first-order valence-electron chi connectivity index (χ1n) is 14.9. The van der Waals surface area contributed by atoms with Crippen LogP contribution in [-0.4, -0.2) is 68.9 Å².